The molecule has 0 fully saturated rings. The SMILES string of the molecule is CC.Cc1ccc(C)[nH]1. The van der Waals surface area contributed by atoms with Crippen LogP contribution in [0.15, 0.2) is 12.1 Å². The number of hydrogen-bond acceptors (Lipinski definition) is 0. The largest absolute Gasteiger partial charge is 0.363 e. The van der Waals surface area contributed by atoms with E-state index in [1.165, 1.54) is 11.4 Å². The zero-order valence-electron chi connectivity index (χ0n) is 6.65. The van der Waals surface area contributed by atoms with Crippen LogP contribution in [0.2, 0.25) is 0 Å². The Bertz CT molecular complexity index is 137. The molecule has 9 heavy (non-hydrogen) atoms. The first-order valence-electron chi connectivity index (χ1n) is 3.41. The van der Waals surface area contributed by atoms with Gasteiger partial charge in [-0.25, -0.2) is 0 Å². The van der Waals surface area contributed by atoms with Crippen molar-refractivity contribution in [2.24, 2.45) is 0 Å². The molecular formula is C8H15N. The number of rotatable bonds is 0. The van der Waals surface area contributed by atoms with E-state index in [-0.39, 0.29) is 0 Å². The van der Waals surface area contributed by atoms with Crippen molar-refractivity contribution >= 4 is 0 Å². The fourth-order valence-electron chi connectivity index (χ4n) is 0.644. The van der Waals surface area contributed by atoms with E-state index in [9.17, 15) is 0 Å². The van der Waals surface area contributed by atoms with E-state index in [0.717, 1.165) is 0 Å². The first-order chi connectivity index (χ1) is 4.29. The van der Waals surface area contributed by atoms with Crippen molar-refractivity contribution < 1.29 is 0 Å². The molecule has 0 amide bonds. The van der Waals surface area contributed by atoms with Gasteiger partial charge in [-0.15, -0.1) is 0 Å². The van der Waals surface area contributed by atoms with Gasteiger partial charge < -0.3 is 4.98 Å². The second kappa shape index (κ2) is 4.19. The van der Waals surface area contributed by atoms with E-state index in [4.69, 9.17) is 0 Å². The molecule has 52 valence electrons. The molecule has 0 spiro atoms. The van der Waals surface area contributed by atoms with E-state index in [0.29, 0.717) is 0 Å². The molecule has 0 aromatic carbocycles. The maximum absolute atomic E-state index is 3.14. The summed E-state index contributed by atoms with van der Waals surface area (Å²) in [6.07, 6.45) is 0. The number of nitrogens with one attached hydrogen (secondary N) is 1. The highest BCUT2D eigenvalue weighted by Gasteiger charge is 1.82. The van der Waals surface area contributed by atoms with E-state index in [1.807, 2.05) is 27.7 Å². The van der Waals surface area contributed by atoms with Crippen LogP contribution in [0.3, 0.4) is 0 Å². The third kappa shape index (κ3) is 2.96. The first-order valence-corrected chi connectivity index (χ1v) is 3.41. The monoisotopic (exact) mass is 125 g/mol. The smallest absolute Gasteiger partial charge is 0.0117 e. The molecule has 0 saturated carbocycles. The summed E-state index contributed by atoms with van der Waals surface area (Å²) in [5.74, 6) is 0. The van der Waals surface area contributed by atoms with Crippen molar-refractivity contribution in [3.8, 4) is 0 Å². The predicted molar refractivity (Wildman–Crippen MR) is 41.6 cm³/mol. The molecule has 0 aliphatic rings. The number of hydrogen-bond donors (Lipinski definition) is 1. The van der Waals surface area contributed by atoms with Crippen LogP contribution < -0.4 is 0 Å². The van der Waals surface area contributed by atoms with Crippen LogP contribution in [0.4, 0.5) is 0 Å². The van der Waals surface area contributed by atoms with Gasteiger partial charge >= 0.3 is 0 Å². The van der Waals surface area contributed by atoms with Gasteiger partial charge in [-0.1, -0.05) is 13.8 Å². The summed E-state index contributed by atoms with van der Waals surface area (Å²) in [6, 6.07) is 4.13. The lowest BCUT2D eigenvalue weighted by Gasteiger charge is -1.77. The van der Waals surface area contributed by atoms with Gasteiger partial charge in [0.05, 0.1) is 0 Å². The minimum atomic E-state index is 1.23. The molecule has 1 N–H and O–H groups in total. The lowest BCUT2D eigenvalue weighted by molar-refractivity contribution is 1.19. The Morgan fingerprint density at radius 3 is 1.44 bits per heavy atom. The summed E-state index contributed by atoms with van der Waals surface area (Å²) in [5.41, 5.74) is 2.47. The molecule has 1 nitrogen and oxygen atoms in total. The molecule has 0 atom stereocenters. The van der Waals surface area contributed by atoms with Crippen LogP contribution in [-0.4, -0.2) is 4.98 Å². The first kappa shape index (κ1) is 8.28. The normalized spacial score (nSPS) is 8.00. The van der Waals surface area contributed by atoms with Crippen LogP contribution >= 0.6 is 0 Å². The van der Waals surface area contributed by atoms with Gasteiger partial charge in [0.1, 0.15) is 0 Å². The zero-order valence-corrected chi connectivity index (χ0v) is 6.65. The van der Waals surface area contributed by atoms with Crippen LogP contribution in [0.1, 0.15) is 25.2 Å². The molecule has 1 rings (SSSR count). The van der Waals surface area contributed by atoms with Gasteiger partial charge in [-0.05, 0) is 26.0 Å². The van der Waals surface area contributed by atoms with Crippen LogP contribution in [-0.2, 0) is 0 Å². The summed E-state index contributed by atoms with van der Waals surface area (Å²) in [6.45, 7) is 8.10. The lowest BCUT2D eigenvalue weighted by atomic mass is 10.5. The van der Waals surface area contributed by atoms with Gasteiger partial charge in [-0.3, -0.25) is 0 Å². The third-order valence-electron chi connectivity index (χ3n) is 0.978. The summed E-state index contributed by atoms with van der Waals surface area (Å²) in [4.78, 5) is 3.14. The topological polar surface area (TPSA) is 15.8 Å². The standard InChI is InChI=1S/C6H9N.C2H6/c1-5-3-4-6(2)7-5;1-2/h3-4,7H,1-2H3;1-2H3. The molecule has 0 radical (unpaired) electrons. The summed E-state index contributed by atoms with van der Waals surface area (Å²) in [5, 5.41) is 0. The third-order valence-corrected chi connectivity index (χ3v) is 0.978. The predicted octanol–water partition coefficient (Wildman–Crippen LogP) is 2.66. The van der Waals surface area contributed by atoms with Gasteiger partial charge in [-0.2, -0.15) is 0 Å². The van der Waals surface area contributed by atoms with Gasteiger partial charge in [0, 0.05) is 11.4 Å². The minimum absolute atomic E-state index is 1.23. The summed E-state index contributed by atoms with van der Waals surface area (Å²) < 4.78 is 0. The molecule has 1 heteroatoms. The van der Waals surface area contributed by atoms with Gasteiger partial charge in [0.25, 0.3) is 0 Å². The average molecular weight is 125 g/mol. The molecular weight excluding hydrogens is 110 g/mol. The quantitative estimate of drug-likeness (QED) is 0.548. The molecule has 1 aromatic rings. The zero-order chi connectivity index (χ0) is 7.28. The highest BCUT2D eigenvalue weighted by atomic mass is 14.7. The second-order valence-electron chi connectivity index (χ2n) is 1.82. The average Bonchev–Trinajstić information content (AvgIpc) is 2.20. The van der Waals surface area contributed by atoms with E-state index in [2.05, 4.69) is 17.1 Å². The highest BCUT2D eigenvalue weighted by Crippen LogP contribution is 1.95. The number of H-pyrrole nitrogens is 1. The van der Waals surface area contributed by atoms with E-state index >= 15 is 0 Å². The molecule has 0 aliphatic heterocycles. The Balaban J connectivity index is 0.000000291. The maximum Gasteiger partial charge on any atom is 0.0117 e. The van der Waals surface area contributed by atoms with Crippen LogP contribution in [0, 0.1) is 13.8 Å². The van der Waals surface area contributed by atoms with Crippen molar-refractivity contribution in [1.82, 2.24) is 4.98 Å². The Kier molecular flexibility index (Phi) is 3.85. The Hall–Kier alpha value is -0.720. The Labute approximate surface area is 57.1 Å². The number of aryl methyl sites for hydroxylation is 2. The summed E-state index contributed by atoms with van der Waals surface area (Å²) in [7, 11) is 0. The molecule has 0 unspecified atom stereocenters. The maximum atomic E-state index is 3.14. The Morgan fingerprint density at radius 1 is 1.00 bits per heavy atom. The van der Waals surface area contributed by atoms with Crippen molar-refractivity contribution in [3.05, 3.63) is 23.5 Å². The van der Waals surface area contributed by atoms with E-state index < -0.39 is 0 Å². The molecule has 0 aliphatic carbocycles. The van der Waals surface area contributed by atoms with Crippen molar-refractivity contribution in [2.75, 3.05) is 0 Å². The van der Waals surface area contributed by atoms with Crippen molar-refractivity contribution in [3.63, 3.8) is 0 Å². The van der Waals surface area contributed by atoms with Crippen LogP contribution in [0.5, 0.6) is 0 Å². The number of aromatic amines is 1. The Morgan fingerprint density at radius 2 is 1.33 bits per heavy atom. The molecule has 1 aromatic heterocycles. The molecule has 0 saturated heterocycles. The minimum Gasteiger partial charge on any atom is -0.363 e. The lowest BCUT2D eigenvalue weighted by Crippen LogP contribution is -1.67. The highest BCUT2D eigenvalue weighted by molar-refractivity contribution is 5.09. The van der Waals surface area contributed by atoms with Gasteiger partial charge in [0.2, 0.25) is 0 Å². The van der Waals surface area contributed by atoms with Crippen LogP contribution in [0.25, 0.3) is 0 Å². The van der Waals surface area contributed by atoms with Gasteiger partial charge in [0.15, 0.2) is 0 Å². The van der Waals surface area contributed by atoms with Crippen molar-refractivity contribution in [2.45, 2.75) is 27.7 Å². The molecule has 0 bridgehead atoms. The fourth-order valence-corrected chi connectivity index (χ4v) is 0.644. The van der Waals surface area contributed by atoms with E-state index in [1.54, 1.807) is 0 Å². The van der Waals surface area contributed by atoms with Crippen molar-refractivity contribution in [1.29, 1.82) is 0 Å². The molecule has 1 heterocycles. The fraction of sp³-hybridized carbons (Fsp3) is 0.500. The second-order valence-corrected chi connectivity index (χ2v) is 1.82. The summed E-state index contributed by atoms with van der Waals surface area (Å²) >= 11 is 0. The number of aromatic nitrogens is 1.